The number of amides is 1. The molecule has 26 heavy (non-hydrogen) atoms. The predicted octanol–water partition coefficient (Wildman–Crippen LogP) is 3.59. The third kappa shape index (κ3) is 3.31. The summed E-state index contributed by atoms with van der Waals surface area (Å²) in [6.07, 6.45) is 0.949. The van der Waals surface area contributed by atoms with E-state index in [0.29, 0.717) is 17.2 Å². The molecule has 0 aliphatic carbocycles. The fraction of sp³-hybridized carbons (Fsp3) is 0.350. The van der Waals surface area contributed by atoms with Crippen LogP contribution in [0, 0.1) is 5.82 Å². The first-order valence-corrected chi connectivity index (χ1v) is 8.89. The highest BCUT2D eigenvalue weighted by molar-refractivity contribution is 5.95. The lowest BCUT2D eigenvalue weighted by molar-refractivity contribution is -0.128. The molecule has 2 unspecified atom stereocenters. The lowest BCUT2D eigenvalue weighted by Crippen LogP contribution is -2.46. The first-order chi connectivity index (χ1) is 12.6. The fourth-order valence-electron chi connectivity index (χ4n) is 3.42. The molecule has 2 aliphatic heterocycles. The van der Waals surface area contributed by atoms with Crippen molar-refractivity contribution in [2.24, 2.45) is 0 Å². The zero-order chi connectivity index (χ0) is 18.1. The number of ether oxygens (including phenoxy) is 2. The van der Waals surface area contributed by atoms with Crippen molar-refractivity contribution in [1.29, 1.82) is 0 Å². The van der Waals surface area contributed by atoms with Gasteiger partial charge in [-0.25, -0.2) is 4.39 Å². The number of benzene rings is 2. The highest BCUT2D eigenvalue weighted by Crippen LogP contribution is 2.34. The number of nitrogens with zero attached hydrogens (tertiary/aromatic N) is 1. The molecular weight excluding hydrogens is 335 g/mol. The molecule has 1 saturated heterocycles. The molecule has 2 atom stereocenters. The van der Waals surface area contributed by atoms with Gasteiger partial charge in [0.15, 0.2) is 11.5 Å². The van der Waals surface area contributed by atoms with Crippen LogP contribution in [0.2, 0.25) is 0 Å². The average Bonchev–Trinajstić information content (AvgIpc) is 3.15. The quantitative estimate of drug-likeness (QED) is 0.913. The summed E-state index contributed by atoms with van der Waals surface area (Å²) in [6, 6.07) is 11.8. The number of anilines is 2. The summed E-state index contributed by atoms with van der Waals surface area (Å²) < 4.78 is 25.6. The minimum atomic E-state index is -0.802. The van der Waals surface area contributed by atoms with Crippen LogP contribution in [0.3, 0.4) is 0 Å². The van der Waals surface area contributed by atoms with Gasteiger partial charge in [0.25, 0.3) is 5.91 Å². The van der Waals surface area contributed by atoms with Gasteiger partial charge < -0.3 is 19.7 Å². The Kier molecular flexibility index (Phi) is 4.41. The van der Waals surface area contributed by atoms with Gasteiger partial charge in [-0.1, -0.05) is 12.1 Å². The number of para-hydroxylation sites is 2. The van der Waals surface area contributed by atoms with Gasteiger partial charge in [-0.2, -0.15) is 0 Å². The molecule has 0 saturated carbocycles. The van der Waals surface area contributed by atoms with Crippen LogP contribution in [0.25, 0.3) is 0 Å². The zero-order valence-electron chi connectivity index (χ0n) is 14.6. The van der Waals surface area contributed by atoms with Crippen LogP contribution < -0.4 is 19.7 Å². The number of rotatable bonds is 3. The standard InChI is InChI=1S/C20H21FN2O3/c1-13-19(26-18-7-3-2-6-17(18)25-13)20(24)22-15-10-14(21)11-16(12-15)23-8-4-5-9-23/h2-3,6-7,10-13,19H,4-5,8-9H2,1H3,(H,22,24). The van der Waals surface area contributed by atoms with Gasteiger partial charge in [0.1, 0.15) is 11.9 Å². The maximum atomic E-state index is 14.0. The number of hydrogen-bond acceptors (Lipinski definition) is 4. The first kappa shape index (κ1) is 16.7. The normalized spacial score (nSPS) is 21.5. The van der Waals surface area contributed by atoms with E-state index in [9.17, 15) is 9.18 Å². The molecule has 0 spiro atoms. The van der Waals surface area contributed by atoms with Crippen LogP contribution in [-0.2, 0) is 4.79 Å². The van der Waals surface area contributed by atoms with Crippen molar-refractivity contribution in [3.8, 4) is 11.5 Å². The highest BCUT2D eigenvalue weighted by Gasteiger charge is 2.34. The second-order valence-corrected chi connectivity index (χ2v) is 6.69. The van der Waals surface area contributed by atoms with Crippen molar-refractivity contribution < 1.29 is 18.7 Å². The molecule has 2 heterocycles. The van der Waals surface area contributed by atoms with Crippen molar-refractivity contribution in [3.63, 3.8) is 0 Å². The van der Waals surface area contributed by atoms with Crippen LogP contribution in [0.5, 0.6) is 11.5 Å². The van der Waals surface area contributed by atoms with Crippen LogP contribution in [0.4, 0.5) is 15.8 Å². The maximum absolute atomic E-state index is 14.0. The summed E-state index contributed by atoms with van der Waals surface area (Å²) in [4.78, 5) is 14.8. The largest absolute Gasteiger partial charge is 0.482 e. The number of carbonyl (C=O) groups is 1. The Labute approximate surface area is 151 Å². The third-order valence-corrected chi connectivity index (χ3v) is 4.72. The first-order valence-electron chi connectivity index (χ1n) is 8.89. The summed E-state index contributed by atoms with van der Waals surface area (Å²) in [7, 11) is 0. The van der Waals surface area contributed by atoms with E-state index in [-0.39, 0.29) is 11.7 Å². The predicted molar refractivity (Wildman–Crippen MR) is 97.4 cm³/mol. The van der Waals surface area contributed by atoms with E-state index in [1.165, 1.54) is 12.1 Å². The molecule has 1 amide bonds. The number of nitrogens with one attached hydrogen (secondary N) is 1. The molecule has 4 rings (SSSR count). The second-order valence-electron chi connectivity index (χ2n) is 6.69. The lowest BCUT2D eigenvalue weighted by Gasteiger charge is -2.31. The van der Waals surface area contributed by atoms with Crippen LogP contribution in [0.15, 0.2) is 42.5 Å². The molecule has 2 aliphatic rings. The van der Waals surface area contributed by atoms with E-state index in [1.807, 2.05) is 12.1 Å². The Hall–Kier alpha value is -2.76. The molecule has 1 fully saturated rings. The van der Waals surface area contributed by atoms with Crippen molar-refractivity contribution >= 4 is 17.3 Å². The second kappa shape index (κ2) is 6.86. The Morgan fingerprint density at radius 1 is 1.12 bits per heavy atom. The van der Waals surface area contributed by atoms with Gasteiger partial charge in [0.05, 0.1) is 0 Å². The zero-order valence-corrected chi connectivity index (χ0v) is 14.6. The van der Waals surface area contributed by atoms with Crippen molar-refractivity contribution in [2.45, 2.75) is 32.0 Å². The van der Waals surface area contributed by atoms with E-state index in [0.717, 1.165) is 31.6 Å². The maximum Gasteiger partial charge on any atom is 0.269 e. The molecular formula is C20H21FN2O3. The Bertz CT molecular complexity index is 820. The van der Waals surface area contributed by atoms with E-state index in [2.05, 4.69) is 10.2 Å². The van der Waals surface area contributed by atoms with Gasteiger partial charge in [-0.3, -0.25) is 4.79 Å². The van der Waals surface area contributed by atoms with Gasteiger partial charge in [0.2, 0.25) is 6.10 Å². The molecule has 1 N–H and O–H groups in total. The minimum Gasteiger partial charge on any atom is -0.482 e. The van der Waals surface area contributed by atoms with E-state index < -0.39 is 12.2 Å². The van der Waals surface area contributed by atoms with E-state index in [1.54, 1.807) is 25.1 Å². The summed E-state index contributed by atoms with van der Waals surface area (Å²) >= 11 is 0. The van der Waals surface area contributed by atoms with Crippen LogP contribution in [0.1, 0.15) is 19.8 Å². The molecule has 2 aromatic carbocycles. The fourth-order valence-corrected chi connectivity index (χ4v) is 3.42. The van der Waals surface area contributed by atoms with Crippen molar-refractivity contribution in [2.75, 3.05) is 23.3 Å². The number of hydrogen-bond donors (Lipinski definition) is 1. The lowest BCUT2D eigenvalue weighted by atomic mass is 10.1. The molecule has 0 aromatic heterocycles. The summed E-state index contributed by atoms with van der Waals surface area (Å²) in [5.74, 6) is 0.419. The Balaban J connectivity index is 1.51. The summed E-state index contributed by atoms with van der Waals surface area (Å²) in [6.45, 7) is 3.59. The monoisotopic (exact) mass is 356 g/mol. The molecule has 6 heteroatoms. The molecule has 136 valence electrons. The summed E-state index contributed by atoms with van der Waals surface area (Å²) in [5, 5.41) is 2.77. The Morgan fingerprint density at radius 2 is 1.81 bits per heavy atom. The van der Waals surface area contributed by atoms with Gasteiger partial charge >= 0.3 is 0 Å². The number of carbonyl (C=O) groups excluding carboxylic acids is 1. The van der Waals surface area contributed by atoms with Crippen molar-refractivity contribution in [1.82, 2.24) is 0 Å². The minimum absolute atomic E-state index is 0.357. The van der Waals surface area contributed by atoms with Gasteiger partial charge in [0, 0.05) is 24.5 Å². The molecule has 2 aromatic rings. The van der Waals surface area contributed by atoms with Gasteiger partial charge in [-0.15, -0.1) is 0 Å². The van der Waals surface area contributed by atoms with Gasteiger partial charge in [-0.05, 0) is 50.1 Å². The molecule has 5 nitrogen and oxygen atoms in total. The number of fused-ring (bicyclic) bond motifs is 1. The SMILES string of the molecule is CC1Oc2ccccc2OC1C(=O)Nc1cc(F)cc(N2CCCC2)c1. The molecule has 0 radical (unpaired) electrons. The average molecular weight is 356 g/mol. The highest BCUT2D eigenvalue weighted by atomic mass is 19.1. The molecule has 0 bridgehead atoms. The number of halogens is 1. The van der Waals surface area contributed by atoms with Crippen LogP contribution >= 0.6 is 0 Å². The Morgan fingerprint density at radius 3 is 2.54 bits per heavy atom. The third-order valence-electron chi connectivity index (χ3n) is 4.72. The van der Waals surface area contributed by atoms with Crippen LogP contribution in [-0.4, -0.2) is 31.2 Å². The van der Waals surface area contributed by atoms with E-state index >= 15 is 0 Å². The summed E-state index contributed by atoms with van der Waals surface area (Å²) in [5.41, 5.74) is 1.21. The topological polar surface area (TPSA) is 50.8 Å². The van der Waals surface area contributed by atoms with E-state index in [4.69, 9.17) is 9.47 Å². The van der Waals surface area contributed by atoms with Crippen molar-refractivity contribution in [3.05, 3.63) is 48.3 Å². The smallest absolute Gasteiger partial charge is 0.269 e.